The summed E-state index contributed by atoms with van der Waals surface area (Å²) in [4.78, 5) is 4.60. The van der Waals surface area contributed by atoms with Gasteiger partial charge >= 0.3 is 0 Å². The number of hydrogen-bond acceptors (Lipinski definition) is 3. The Morgan fingerprint density at radius 3 is 2.86 bits per heavy atom. The average Bonchev–Trinajstić information content (AvgIpc) is 2.79. The highest BCUT2D eigenvalue weighted by molar-refractivity contribution is 5.79. The lowest BCUT2D eigenvalue weighted by molar-refractivity contribution is 0.174. The van der Waals surface area contributed by atoms with Gasteiger partial charge in [0, 0.05) is 12.2 Å². The summed E-state index contributed by atoms with van der Waals surface area (Å²) in [7, 11) is 0. The van der Waals surface area contributed by atoms with Crippen molar-refractivity contribution in [2.24, 2.45) is 11.8 Å². The molecule has 1 fully saturated rings. The van der Waals surface area contributed by atoms with Gasteiger partial charge in [0.15, 0.2) is 0 Å². The fourth-order valence-electron chi connectivity index (χ4n) is 3.58. The second-order valence-corrected chi connectivity index (χ2v) is 6.53. The van der Waals surface area contributed by atoms with Crippen molar-refractivity contribution >= 4 is 16.7 Å². The predicted octanol–water partition coefficient (Wildman–Crippen LogP) is 3.50. The predicted molar refractivity (Wildman–Crippen MR) is 85.9 cm³/mol. The van der Waals surface area contributed by atoms with E-state index in [1.165, 1.54) is 25.7 Å². The number of nitrogen functional groups attached to an aromatic ring is 1. The Balaban J connectivity index is 2.00. The number of imidazole rings is 1. The van der Waals surface area contributed by atoms with Crippen LogP contribution in [0.2, 0.25) is 0 Å². The van der Waals surface area contributed by atoms with E-state index in [4.69, 9.17) is 5.73 Å². The first kappa shape index (κ1) is 14.4. The maximum Gasteiger partial charge on any atom is 0.138 e. The van der Waals surface area contributed by atoms with Gasteiger partial charge in [0.2, 0.25) is 0 Å². The highest BCUT2D eigenvalue weighted by atomic mass is 16.3. The molecule has 114 valence electrons. The molecule has 0 aliphatic heterocycles. The number of fused-ring (bicyclic) bond motifs is 1. The van der Waals surface area contributed by atoms with E-state index >= 15 is 0 Å². The molecule has 0 amide bonds. The van der Waals surface area contributed by atoms with E-state index in [0.29, 0.717) is 5.92 Å². The van der Waals surface area contributed by atoms with Crippen LogP contribution in [0.25, 0.3) is 11.0 Å². The molecule has 4 heteroatoms. The lowest BCUT2D eigenvalue weighted by Gasteiger charge is -2.30. The highest BCUT2D eigenvalue weighted by Gasteiger charge is 2.24. The van der Waals surface area contributed by atoms with E-state index in [2.05, 4.69) is 16.5 Å². The van der Waals surface area contributed by atoms with Crippen molar-refractivity contribution in [2.45, 2.75) is 52.2 Å². The van der Waals surface area contributed by atoms with Crippen molar-refractivity contribution in [3.63, 3.8) is 0 Å². The summed E-state index contributed by atoms with van der Waals surface area (Å²) in [5.74, 6) is 2.17. The number of nitrogens with zero attached hydrogens (tertiary/aromatic N) is 2. The number of anilines is 1. The number of aliphatic hydroxyl groups excluding tert-OH is 1. The van der Waals surface area contributed by atoms with E-state index in [1.54, 1.807) is 6.92 Å². The van der Waals surface area contributed by atoms with E-state index in [-0.39, 0.29) is 0 Å². The van der Waals surface area contributed by atoms with E-state index in [1.807, 2.05) is 18.2 Å². The molecule has 3 N–H and O–H groups in total. The topological polar surface area (TPSA) is 64.1 Å². The molecule has 21 heavy (non-hydrogen) atoms. The summed E-state index contributed by atoms with van der Waals surface area (Å²) >= 11 is 0. The number of hydrogen-bond donors (Lipinski definition) is 2. The molecule has 1 aromatic heterocycles. The van der Waals surface area contributed by atoms with Crippen LogP contribution >= 0.6 is 0 Å². The van der Waals surface area contributed by atoms with Crippen LogP contribution in [0, 0.1) is 11.8 Å². The Morgan fingerprint density at radius 2 is 2.14 bits per heavy atom. The molecule has 3 atom stereocenters. The van der Waals surface area contributed by atoms with Crippen LogP contribution in [0.3, 0.4) is 0 Å². The van der Waals surface area contributed by atoms with Gasteiger partial charge in [-0.25, -0.2) is 4.98 Å². The number of aliphatic hydroxyl groups is 1. The minimum absolute atomic E-state index is 0.558. The first-order valence-corrected chi connectivity index (χ1v) is 8.00. The van der Waals surface area contributed by atoms with Crippen molar-refractivity contribution in [1.82, 2.24) is 9.55 Å². The molecule has 1 aromatic carbocycles. The molecule has 1 aliphatic rings. The SMILES string of the molecule is CC(O)c1nc2cc(N)ccc2n1CC1CCCCC1C. The lowest BCUT2D eigenvalue weighted by Crippen LogP contribution is -2.23. The van der Waals surface area contributed by atoms with E-state index < -0.39 is 6.10 Å². The number of aromatic nitrogens is 2. The van der Waals surface area contributed by atoms with Gasteiger partial charge in [0.05, 0.1) is 11.0 Å². The molecule has 1 aliphatic carbocycles. The Morgan fingerprint density at radius 1 is 1.38 bits per heavy atom. The zero-order valence-electron chi connectivity index (χ0n) is 12.9. The highest BCUT2D eigenvalue weighted by Crippen LogP contribution is 2.33. The van der Waals surface area contributed by atoms with Crippen LogP contribution in [0.5, 0.6) is 0 Å². The normalized spacial score (nSPS) is 24.3. The second kappa shape index (κ2) is 5.68. The van der Waals surface area contributed by atoms with Gasteiger partial charge in [0.1, 0.15) is 11.9 Å². The molecule has 0 radical (unpaired) electrons. The van der Waals surface area contributed by atoms with Gasteiger partial charge < -0.3 is 15.4 Å². The molecule has 0 saturated heterocycles. The van der Waals surface area contributed by atoms with Crippen LogP contribution in [0.15, 0.2) is 18.2 Å². The van der Waals surface area contributed by atoms with Crippen LogP contribution in [0.1, 0.15) is 51.5 Å². The molecule has 4 nitrogen and oxygen atoms in total. The quantitative estimate of drug-likeness (QED) is 0.849. The first-order chi connectivity index (χ1) is 10.1. The minimum atomic E-state index is -0.558. The minimum Gasteiger partial charge on any atom is -0.399 e. The van der Waals surface area contributed by atoms with Crippen molar-refractivity contribution in [1.29, 1.82) is 0 Å². The number of benzene rings is 1. The molecular formula is C17H25N3O. The third-order valence-electron chi connectivity index (χ3n) is 4.88. The second-order valence-electron chi connectivity index (χ2n) is 6.53. The number of nitrogens with two attached hydrogens (primary N) is 1. The summed E-state index contributed by atoms with van der Waals surface area (Å²) in [5, 5.41) is 10.1. The Labute approximate surface area is 126 Å². The zero-order valence-corrected chi connectivity index (χ0v) is 12.9. The van der Waals surface area contributed by atoms with Gasteiger partial charge in [-0.1, -0.05) is 26.2 Å². The Kier molecular flexibility index (Phi) is 3.89. The summed E-state index contributed by atoms with van der Waals surface area (Å²) in [6.45, 7) is 5.08. The molecule has 1 saturated carbocycles. The Hall–Kier alpha value is -1.55. The van der Waals surface area contributed by atoms with Gasteiger partial charge in [-0.3, -0.25) is 0 Å². The van der Waals surface area contributed by atoms with Gasteiger partial charge in [0.25, 0.3) is 0 Å². The molecule has 2 aromatic rings. The molecule has 0 spiro atoms. The van der Waals surface area contributed by atoms with Gasteiger partial charge in [-0.2, -0.15) is 0 Å². The summed E-state index contributed by atoms with van der Waals surface area (Å²) in [5.41, 5.74) is 8.54. The van der Waals surface area contributed by atoms with E-state index in [0.717, 1.165) is 35.0 Å². The lowest BCUT2D eigenvalue weighted by atomic mass is 9.80. The van der Waals surface area contributed by atoms with Crippen LogP contribution in [-0.2, 0) is 6.54 Å². The third-order valence-corrected chi connectivity index (χ3v) is 4.88. The zero-order chi connectivity index (χ0) is 15.0. The maximum absolute atomic E-state index is 10.1. The van der Waals surface area contributed by atoms with Crippen molar-refractivity contribution in [3.8, 4) is 0 Å². The fraction of sp³-hybridized carbons (Fsp3) is 0.588. The molecular weight excluding hydrogens is 262 g/mol. The molecule has 3 unspecified atom stereocenters. The van der Waals surface area contributed by atoms with Gasteiger partial charge in [-0.05, 0) is 43.4 Å². The summed E-state index contributed by atoms with van der Waals surface area (Å²) < 4.78 is 2.20. The summed E-state index contributed by atoms with van der Waals surface area (Å²) in [6, 6.07) is 5.83. The maximum atomic E-state index is 10.1. The average molecular weight is 287 g/mol. The smallest absolute Gasteiger partial charge is 0.138 e. The van der Waals surface area contributed by atoms with Crippen molar-refractivity contribution in [3.05, 3.63) is 24.0 Å². The van der Waals surface area contributed by atoms with Crippen molar-refractivity contribution < 1.29 is 5.11 Å². The Bertz CT molecular complexity index is 632. The molecule has 3 rings (SSSR count). The number of rotatable bonds is 3. The van der Waals surface area contributed by atoms with E-state index in [9.17, 15) is 5.11 Å². The van der Waals surface area contributed by atoms with Crippen LogP contribution in [-0.4, -0.2) is 14.7 Å². The van der Waals surface area contributed by atoms with Crippen LogP contribution < -0.4 is 5.73 Å². The van der Waals surface area contributed by atoms with Crippen molar-refractivity contribution in [2.75, 3.05) is 5.73 Å². The summed E-state index contributed by atoms with van der Waals surface area (Å²) in [6.07, 6.45) is 4.70. The standard InChI is InChI=1S/C17H25N3O/c1-11-5-3-4-6-13(11)10-20-16-8-7-14(18)9-15(16)19-17(20)12(2)21/h7-9,11-13,21H,3-6,10,18H2,1-2H3. The molecule has 1 heterocycles. The van der Waals surface area contributed by atoms with Gasteiger partial charge in [-0.15, -0.1) is 0 Å². The first-order valence-electron chi connectivity index (χ1n) is 8.00. The van der Waals surface area contributed by atoms with Crippen LogP contribution in [0.4, 0.5) is 5.69 Å². The third kappa shape index (κ3) is 2.77. The monoisotopic (exact) mass is 287 g/mol. The fourth-order valence-corrected chi connectivity index (χ4v) is 3.58. The largest absolute Gasteiger partial charge is 0.399 e. The molecule has 0 bridgehead atoms.